The third-order valence-corrected chi connectivity index (χ3v) is 4.68. The first-order valence-corrected chi connectivity index (χ1v) is 8.45. The molecule has 0 spiro atoms. The third kappa shape index (κ3) is 3.65. The van der Waals surface area contributed by atoms with Crippen LogP contribution in [0.25, 0.3) is 0 Å². The molecule has 2 aromatic heterocycles. The highest BCUT2D eigenvalue weighted by molar-refractivity contribution is 7.13. The molecular weight excluding hydrogens is 312 g/mol. The summed E-state index contributed by atoms with van der Waals surface area (Å²) in [6, 6.07) is 1.90. The molecule has 0 bridgehead atoms. The van der Waals surface area contributed by atoms with E-state index in [1.807, 2.05) is 25.3 Å². The van der Waals surface area contributed by atoms with Crippen LogP contribution < -0.4 is 11.1 Å². The van der Waals surface area contributed by atoms with E-state index in [0.717, 1.165) is 34.6 Å². The zero-order chi connectivity index (χ0) is 16.4. The predicted octanol–water partition coefficient (Wildman–Crippen LogP) is 1.57. The lowest BCUT2D eigenvalue weighted by Gasteiger charge is -2.15. The molecule has 1 saturated heterocycles. The van der Waals surface area contributed by atoms with Crippen molar-refractivity contribution in [3.05, 3.63) is 28.7 Å². The first-order chi connectivity index (χ1) is 11.0. The fourth-order valence-electron chi connectivity index (χ4n) is 2.69. The van der Waals surface area contributed by atoms with Crippen LogP contribution in [0.2, 0.25) is 0 Å². The first-order valence-electron chi connectivity index (χ1n) is 7.57. The summed E-state index contributed by atoms with van der Waals surface area (Å²) in [7, 11) is 0. The van der Waals surface area contributed by atoms with Gasteiger partial charge in [0.15, 0.2) is 5.13 Å². The van der Waals surface area contributed by atoms with Crippen molar-refractivity contribution in [3.63, 3.8) is 0 Å². The number of thiazole rings is 1. The summed E-state index contributed by atoms with van der Waals surface area (Å²) in [5, 5.41) is 6.04. The summed E-state index contributed by atoms with van der Waals surface area (Å²) in [6.07, 6.45) is 0.866. The number of nitrogens with zero attached hydrogens (tertiary/aromatic N) is 4. The van der Waals surface area contributed by atoms with Gasteiger partial charge in [-0.2, -0.15) is 0 Å². The van der Waals surface area contributed by atoms with Crippen LogP contribution in [0.4, 0.5) is 10.9 Å². The molecular formula is C15H20N6OS. The molecule has 1 aliphatic rings. The van der Waals surface area contributed by atoms with Gasteiger partial charge in [-0.05, 0) is 20.3 Å². The molecule has 3 rings (SSSR count). The second-order valence-corrected chi connectivity index (χ2v) is 6.56. The van der Waals surface area contributed by atoms with E-state index < -0.39 is 0 Å². The van der Waals surface area contributed by atoms with E-state index in [1.165, 1.54) is 0 Å². The number of anilines is 2. The Morgan fingerprint density at radius 3 is 2.91 bits per heavy atom. The number of nitrogens with one attached hydrogen (secondary N) is 1. The number of aryl methyl sites for hydroxylation is 2. The molecule has 1 atom stereocenters. The number of likely N-dealkylation sites (tertiary alicyclic amines) is 1. The summed E-state index contributed by atoms with van der Waals surface area (Å²) >= 11 is 1.55. The Morgan fingerprint density at radius 1 is 1.39 bits per heavy atom. The molecule has 122 valence electrons. The minimum atomic E-state index is -0.0169. The SMILES string of the molecule is Cc1cc(Nc2nc(C)cs2)nc(C2CCN(C(=O)CN)C2)n1. The molecule has 1 amide bonds. The van der Waals surface area contributed by atoms with Gasteiger partial charge in [-0.25, -0.2) is 15.0 Å². The molecule has 0 aromatic carbocycles. The lowest BCUT2D eigenvalue weighted by atomic mass is 10.1. The molecule has 8 heteroatoms. The number of hydrogen-bond acceptors (Lipinski definition) is 7. The average molecular weight is 332 g/mol. The van der Waals surface area contributed by atoms with Crippen molar-refractivity contribution in [1.82, 2.24) is 19.9 Å². The minimum Gasteiger partial charge on any atom is -0.341 e. The standard InChI is InChI=1S/C15H20N6OS/c1-9-5-12(20-15-18-10(2)8-23-15)19-14(17-9)11-3-4-21(7-11)13(22)6-16/h5,8,11H,3-4,6-7,16H2,1-2H3,(H,17,18,19,20). The Bertz CT molecular complexity index is 716. The Kier molecular flexibility index (Phi) is 4.53. The maximum absolute atomic E-state index is 11.7. The normalized spacial score (nSPS) is 17.5. The number of carbonyl (C=O) groups is 1. The van der Waals surface area contributed by atoms with Crippen molar-refractivity contribution < 1.29 is 4.79 Å². The lowest BCUT2D eigenvalue weighted by Crippen LogP contribution is -2.34. The van der Waals surface area contributed by atoms with Gasteiger partial charge in [0, 0.05) is 36.1 Å². The van der Waals surface area contributed by atoms with Gasteiger partial charge >= 0.3 is 0 Å². The number of amides is 1. The quantitative estimate of drug-likeness (QED) is 0.882. The van der Waals surface area contributed by atoms with Gasteiger partial charge in [0.1, 0.15) is 11.6 Å². The van der Waals surface area contributed by atoms with Crippen LogP contribution in [0, 0.1) is 13.8 Å². The van der Waals surface area contributed by atoms with Gasteiger partial charge in [-0.1, -0.05) is 0 Å². The molecule has 3 N–H and O–H groups in total. The van der Waals surface area contributed by atoms with Crippen molar-refractivity contribution in [2.75, 3.05) is 25.0 Å². The van der Waals surface area contributed by atoms with E-state index in [1.54, 1.807) is 16.2 Å². The monoisotopic (exact) mass is 332 g/mol. The lowest BCUT2D eigenvalue weighted by molar-refractivity contribution is -0.128. The van der Waals surface area contributed by atoms with Crippen molar-refractivity contribution in [2.24, 2.45) is 5.73 Å². The predicted molar refractivity (Wildman–Crippen MR) is 89.9 cm³/mol. The fourth-order valence-corrected chi connectivity index (χ4v) is 3.38. The van der Waals surface area contributed by atoms with Crippen molar-refractivity contribution in [3.8, 4) is 0 Å². The Morgan fingerprint density at radius 2 is 2.22 bits per heavy atom. The molecule has 0 aliphatic carbocycles. The Labute approximate surface area is 139 Å². The van der Waals surface area contributed by atoms with Crippen molar-refractivity contribution in [2.45, 2.75) is 26.2 Å². The van der Waals surface area contributed by atoms with Crippen LogP contribution in [0.15, 0.2) is 11.4 Å². The zero-order valence-corrected chi connectivity index (χ0v) is 14.1. The highest BCUT2D eigenvalue weighted by Gasteiger charge is 2.28. The molecule has 2 aromatic rings. The number of nitrogens with two attached hydrogens (primary N) is 1. The molecule has 23 heavy (non-hydrogen) atoms. The van der Waals surface area contributed by atoms with E-state index >= 15 is 0 Å². The summed E-state index contributed by atoms with van der Waals surface area (Å²) in [5.41, 5.74) is 7.31. The minimum absolute atomic E-state index is 0.0169. The summed E-state index contributed by atoms with van der Waals surface area (Å²) < 4.78 is 0. The summed E-state index contributed by atoms with van der Waals surface area (Å²) in [5.74, 6) is 1.65. The largest absolute Gasteiger partial charge is 0.341 e. The van der Waals surface area contributed by atoms with Crippen LogP contribution in [-0.4, -0.2) is 45.4 Å². The smallest absolute Gasteiger partial charge is 0.236 e. The van der Waals surface area contributed by atoms with Gasteiger partial charge in [0.2, 0.25) is 5.91 Å². The van der Waals surface area contributed by atoms with Gasteiger partial charge in [-0.3, -0.25) is 4.79 Å². The maximum atomic E-state index is 11.7. The highest BCUT2D eigenvalue weighted by atomic mass is 32.1. The topological polar surface area (TPSA) is 97.0 Å². The van der Waals surface area contributed by atoms with Gasteiger partial charge in [0.25, 0.3) is 0 Å². The summed E-state index contributed by atoms with van der Waals surface area (Å²) in [4.78, 5) is 27.0. The fraction of sp³-hybridized carbons (Fsp3) is 0.467. The van der Waals surface area contributed by atoms with Crippen molar-refractivity contribution in [1.29, 1.82) is 0 Å². The summed E-state index contributed by atoms with van der Waals surface area (Å²) in [6.45, 7) is 5.31. The van der Waals surface area contributed by atoms with Gasteiger partial charge < -0.3 is 16.0 Å². The van der Waals surface area contributed by atoms with Crippen LogP contribution >= 0.6 is 11.3 Å². The molecule has 1 aliphatic heterocycles. The maximum Gasteiger partial charge on any atom is 0.236 e. The Balaban J connectivity index is 1.77. The van der Waals surface area contributed by atoms with Gasteiger partial charge in [0.05, 0.1) is 12.2 Å². The van der Waals surface area contributed by atoms with E-state index in [0.29, 0.717) is 13.1 Å². The van der Waals surface area contributed by atoms with Crippen LogP contribution in [-0.2, 0) is 4.79 Å². The molecule has 0 saturated carbocycles. The number of hydrogen-bond donors (Lipinski definition) is 2. The van der Waals surface area contributed by atoms with E-state index in [9.17, 15) is 4.79 Å². The van der Waals surface area contributed by atoms with Crippen LogP contribution in [0.1, 0.15) is 29.6 Å². The molecule has 3 heterocycles. The second-order valence-electron chi connectivity index (χ2n) is 5.70. The van der Waals surface area contributed by atoms with Crippen LogP contribution in [0.5, 0.6) is 0 Å². The van der Waals surface area contributed by atoms with E-state index in [2.05, 4.69) is 20.3 Å². The zero-order valence-electron chi connectivity index (χ0n) is 13.2. The molecule has 7 nitrogen and oxygen atoms in total. The number of rotatable bonds is 4. The average Bonchev–Trinajstić information content (AvgIpc) is 3.15. The molecule has 0 radical (unpaired) electrons. The number of aromatic nitrogens is 3. The van der Waals surface area contributed by atoms with E-state index in [-0.39, 0.29) is 18.4 Å². The van der Waals surface area contributed by atoms with Crippen molar-refractivity contribution >= 4 is 28.2 Å². The number of carbonyl (C=O) groups excluding carboxylic acids is 1. The van der Waals surface area contributed by atoms with E-state index in [4.69, 9.17) is 5.73 Å². The molecule has 1 fully saturated rings. The second kappa shape index (κ2) is 6.59. The van der Waals surface area contributed by atoms with Crippen LogP contribution in [0.3, 0.4) is 0 Å². The third-order valence-electron chi connectivity index (χ3n) is 3.81. The molecule has 1 unspecified atom stereocenters. The first kappa shape index (κ1) is 15.8. The Hall–Kier alpha value is -2.06. The highest BCUT2D eigenvalue weighted by Crippen LogP contribution is 2.27. The van der Waals surface area contributed by atoms with Gasteiger partial charge in [-0.15, -0.1) is 11.3 Å².